The van der Waals surface area contributed by atoms with E-state index in [9.17, 15) is 4.79 Å². The van der Waals surface area contributed by atoms with Crippen molar-refractivity contribution in [2.75, 3.05) is 19.5 Å². The Morgan fingerprint density at radius 1 is 0.828 bits per heavy atom. The van der Waals surface area contributed by atoms with E-state index in [4.69, 9.17) is 14.2 Å². The van der Waals surface area contributed by atoms with Crippen molar-refractivity contribution in [2.24, 2.45) is 0 Å². The van der Waals surface area contributed by atoms with Crippen LogP contribution in [0.5, 0.6) is 11.5 Å². The number of anilines is 1. The first-order valence-corrected chi connectivity index (χ1v) is 9.15. The number of methoxy groups -OCH3 is 2. The summed E-state index contributed by atoms with van der Waals surface area (Å²) < 4.78 is 15.8. The summed E-state index contributed by atoms with van der Waals surface area (Å²) >= 11 is 0. The summed E-state index contributed by atoms with van der Waals surface area (Å²) in [4.78, 5) is 11.9. The number of rotatable bonds is 7. The molecule has 3 rings (SSSR count). The van der Waals surface area contributed by atoms with E-state index in [0.717, 1.165) is 28.2 Å². The molecule has 0 spiro atoms. The fourth-order valence-electron chi connectivity index (χ4n) is 2.67. The van der Waals surface area contributed by atoms with Gasteiger partial charge in [0.1, 0.15) is 18.1 Å². The number of hydrogen-bond donors (Lipinski definition) is 1. The van der Waals surface area contributed by atoms with Gasteiger partial charge >= 0.3 is 6.09 Å². The van der Waals surface area contributed by atoms with Gasteiger partial charge in [-0.2, -0.15) is 0 Å². The minimum absolute atomic E-state index is 0.234. The molecular weight excluding hydrogens is 366 g/mol. The van der Waals surface area contributed by atoms with Crippen LogP contribution >= 0.6 is 0 Å². The van der Waals surface area contributed by atoms with Crippen LogP contribution in [0.25, 0.3) is 12.2 Å². The fraction of sp³-hybridized carbons (Fsp3) is 0.125. The Morgan fingerprint density at radius 2 is 1.45 bits per heavy atom. The smallest absolute Gasteiger partial charge is 0.411 e. The van der Waals surface area contributed by atoms with Crippen molar-refractivity contribution >= 4 is 23.9 Å². The van der Waals surface area contributed by atoms with Gasteiger partial charge in [-0.3, -0.25) is 5.32 Å². The van der Waals surface area contributed by atoms with Crippen LogP contribution in [0, 0.1) is 0 Å². The standard InChI is InChI=1S/C24H23NO4/c1-27-22-14-20(15-23(16-22)28-2)9-8-18-10-12-21(13-11-18)25-24(26)29-17-19-6-4-3-5-7-19/h3-16H,17H2,1-2H3,(H,25,26)/b9-8+. The monoisotopic (exact) mass is 389 g/mol. The Kier molecular flexibility index (Phi) is 6.90. The number of carbonyl (C=O) groups is 1. The molecule has 148 valence electrons. The lowest BCUT2D eigenvalue weighted by Crippen LogP contribution is -2.13. The second-order valence-corrected chi connectivity index (χ2v) is 6.29. The highest BCUT2D eigenvalue weighted by Gasteiger charge is 2.04. The molecule has 0 saturated carbocycles. The molecule has 0 aliphatic carbocycles. The molecule has 0 heterocycles. The van der Waals surface area contributed by atoms with E-state index in [2.05, 4.69) is 5.32 Å². The van der Waals surface area contributed by atoms with E-state index < -0.39 is 6.09 Å². The zero-order chi connectivity index (χ0) is 20.5. The largest absolute Gasteiger partial charge is 0.497 e. The molecule has 3 aromatic rings. The first-order valence-electron chi connectivity index (χ1n) is 9.15. The Hall–Kier alpha value is -3.73. The van der Waals surface area contributed by atoms with Crippen LogP contribution < -0.4 is 14.8 Å². The van der Waals surface area contributed by atoms with E-state index in [1.54, 1.807) is 14.2 Å². The molecule has 0 unspecified atom stereocenters. The van der Waals surface area contributed by atoms with E-state index in [-0.39, 0.29) is 6.61 Å². The van der Waals surface area contributed by atoms with Gasteiger partial charge in [0.25, 0.3) is 0 Å². The van der Waals surface area contributed by atoms with Gasteiger partial charge in [0.2, 0.25) is 0 Å². The summed E-state index contributed by atoms with van der Waals surface area (Å²) in [7, 11) is 3.25. The summed E-state index contributed by atoms with van der Waals surface area (Å²) in [6.07, 6.45) is 3.47. The maximum Gasteiger partial charge on any atom is 0.411 e. The zero-order valence-electron chi connectivity index (χ0n) is 16.4. The highest BCUT2D eigenvalue weighted by Crippen LogP contribution is 2.24. The second kappa shape index (κ2) is 9.99. The number of hydrogen-bond acceptors (Lipinski definition) is 4. The van der Waals surface area contributed by atoms with Gasteiger partial charge in [-0.15, -0.1) is 0 Å². The average Bonchev–Trinajstić information content (AvgIpc) is 2.77. The SMILES string of the molecule is COc1cc(/C=C/c2ccc(NC(=O)OCc3ccccc3)cc2)cc(OC)c1. The normalized spacial score (nSPS) is 10.6. The number of amides is 1. The number of ether oxygens (including phenoxy) is 3. The van der Waals surface area contributed by atoms with Crippen molar-refractivity contribution in [1.29, 1.82) is 0 Å². The number of nitrogens with one attached hydrogen (secondary N) is 1. The van der Waals surface area contributed by atoms with Crippen molar-refractivity contribution in [2.45, 2.75) is 6.61 Å². The molecule has 3 aromatic carbocycles. The van der Waals surface area contributed by atoms with Crippen molar-refractivity contribution in [3.05, 3.63) is 89.5 Å². The van der Waals surface area contributed by atoms with Gasteiger partial charge in [-0.1, -0.05) is 54.6 Å². The molecular formula is C24H23NO4. The maximum atomic E-state index is 11.9. The van der Waals surface area contributed by atoms with E-state index in [1.807, 2.05) is 84.9 Å². The van der Waals surface area contributed by atoms with Crippen LogP contribution in [-0.2, 0) is 11.3 Å². The van der Waals surface area contributed by atoms with Crippen molar-refractivity contribution in [1.82, 2.24) is 0 Å². The molecule has 1 N–H and O–H groups in total. The molecule has 0 fully saturated rings. The van der Waals surface area contributed by atoms with Crippen LogP contribution in [0.1, 0.15) is 16.7 Å². The molecule has 0 atom stereocenters. The molecule has 5 nitrogen and oxygen atoms in total. The van der Waals surface area contributed by atoms with E-state index in [0.29, 0.717) is 5.69 Å². The van der Waals surface area contributed by atoms with Gasteiger partial charge in [0, 0.05) is 11.8 Å². The van der Waals surface area contributed by atoms with Crippen LogP contribution in [-0.4, -0.2) is 20.3 Å². The van der Waals surface area contributed by atoms with Crippen LogP contribution in [0.3, 0.4) is 0 Å². The Morgan fingerprint density at radius 3 is 2.07 bits per heavy atom. The van der Waals surface area contributed by atoms with Crippen molar-refractivity contribution < 1.29 is 19.0 Å². The average molecular weight is 389 g/mol. The number of benzene rings is 3. The van der Waals surface area contributed by atoms with Gasteiger partial charge in [0.15, 0.2) is 0 Å². The topological polar surface area (TPSA) is 56.8 Å². The summed E-state index contributed by atoms with van der Waals surface area (Å²) in [6.45, 7) is 0.234. The maximum absolute atomic E-state index is 11.9. The molecule has 5 heteroatoms. The van der Waals surface area contributed by atoms with Gasteiger partial charge in [-0.25, -0.2) is 4.79 Å². The van der Waals surface area contributed by atoms with Gasteiger partial charge in [-0.05, 0) is 41.0 Å². The first kappa shape index (κ1) is 20.0. The predicted octanol–water partition coefficient (Wildman–Crippen LogP) is 5.62. The summed E-state index contributed by atoms with van der Waals surface area (Å²) in [6, 6.07) is 22.7. The minimum atomic E-state index is -0.486. The molecule has 0 bridgehead atoms. The van der Waals surface area contributed by atoms with Crippen LogP contribution in [0.2, 0.25) is 0 Å². The third kappa shape index (κ3) is 6.14. The lowest BCUT2D eigenvalue weighted by Gasteiger charge is -2.07. The molecule has 0 aromatic heterocycles. The molecule has 0 aliphatic heterocycles. The molecule has 1 amide bonds. The van der Waals surface area contributed by atoms with Crippen molar-refractivity contribution in [3.8, 4) is 11.5 Å². The highest BCUT2D eigenvalue weighted by atomic mass is 16.5. The third-order valence-corrected chi connectivity index (χ3v) is 4.21. The molecule has 0 aliphatic rings. The molecule has 29 heavy (non-hydrogen) atoms. The lowest BCUT2D eigenvalue weighted by molar-refractivity contribution is 0.155. The zero-order valence-corrected chi connectivity index (χ0v) is 16.4. The second-order valence-electron chi connectivity index (χ2n) is 6.29. The van der Waals surface area contributed by atoms with E-state index >= 15 is 0 Å². The van der Waals surface area contributed by atoms with Crippen molar-refractivity contribution in [3.63, 3.8) is 0 Å². The fourth-order valence-corrected chi connectivity index (χ4v) is 2.67. The quantitative estimate of drug-likeness (QED) is 0.533. The molecule has 0 saturated heterocycles. The summed E-state index contributed by atoms with van der Waals surface area (Å²) in [5.74, 6) is 1.47. The minimum Gasteiger partial charge on any atom is -0.497 e. The van der Waals surface area contributed by atoms with E-state index in [1.165, 1.54) is 0 Å². The summed E-state index contributed by atoms with van der Waals surface area (Å²) in [5, 5.41) is 2.73. The first-order chi connectivity index (χ1) is 14.2. The highest BCUT2D eigenvalue weighted by molar-refractivity contribution is 5.85. The Labute approximate surface area is 170 Å². The van der Waals surface area contributed by atoms with Crippen LogP contribution in [0.4, 0.5) is 10.5 Å². The molecule has 0 radical (unpaired) electrons. The van der Waals surface area contributed by atoms with Gasteiger partial charge in [0.05, 0.1) is 14.2 Å². The third-order valence-electron chi connectivity index (χ3n) is 4.21. The number of carbonyl (C=O) groups excluding carboxylic acids is 1. The predicted molar refractivity (Wildman–Crippen MR) is 115 cm³/mol. The summed E-state index contributed by atoms with van der Waals surface area (Å²) in [5.41, 5.74) is 3.57. The lowest BCUT2D eigenvalue weighted by atomic mass is 10.1. The van der Waals surface area contributed by atoms with Gasteiger partial charge < -0.3 is 14.2 Å². The Balaban J connectivity index is 1.57. The Bertz CT molecular complexity index is 944. The van der Waals surface area contributed by atoms with Crippen LogP contribution in [0.15, 0.2) is 72.8 Å².